The average molecular weight is 408 g/mol. The molecule has 0 saturated heterocycles. The van der Waals surface area contributed by atoms with Crippen LogP contribution in [0.1, 0.15) is 52.0 Å². The number of aryl methyl sites for hydroxylation is 1. The number of aromatic nitrogens is 2. The first-order chi connectivity index (χ1) is 14.4. The minimum atomic E-state index is -1.53. The number of rotatable bonds is 0. The molecule has 7 nitrogen and oxygen atoms in total. The highest BCUT2D eigenvalue weighted by atomic mass is 19.1. The fourth-order valence-corrected chi connectivity index (χ4v) is 5.08. The standard InChI is InChI=1S/C22H17FN2O5/c1-8-9-2-3-16(26)18-11-6-25-15(19(11)24-14(17(9)18)5-13(8)23)4-10-12(21(25)28)7-30-22(29)20(10)27/h4-5,16,20,26-27H,2-3,6-7H2,1H3/t16-,20?/m1/s1. The second-order valence-electron chi connectivity index (χ2n) is 8.13. The van der Waals surface area contributed by atoms with Crippen molar-refractivity contribution in [1.29, 1.82) is 0 Å². The maximum atomic E-state index is 14.5. The Labute approximate surface area is 169 Å². The third-order valence-electron chi connectivity index (χ3n) is 6.62. The van der Waals surface area contributed by atoms with Gasteiger partial charge in [0.1, 0.15) is 12.4 Å². The maximum Gasteiger partial charge on any atom is 0.340 e. The second kappa shape index (κ2) is 5.74. The van der Waals surface area contributed by atoms with Gasteiger partial charge >= 0.3 is 5.97 Å². The Balaban J connectivity index is 1.70. The van der Waals surface area contributed by atoms with E-state index in [4.69, 9.17) is 4.74 Å². The number of halogens is 1. The number of hydrogen-bond donors (Lipinski definition) is 2. The number of carbonyl (C=O) groups is 1. The van der Waals surface area contributed by atoms with E-state index in [9.17, 15) is 24.2 Å². The summed E-state index contributed by atoms with van der Waals surface area (Å²) in [6, 6.07) is 2.95. The Bertz CT molecular complexity index is 1380. The smallest absolute Gasteiger partial charge is 0.340 e. The number of pyridine rings is 2. The Kier molecular flexibility index (Phi) is 3.39. The van der Waals surface area contributed by atoms with Crippen LogP contribution >= 0.6 is 0 Å². The van der Waals surface area contributed by atoms with Crippen molar-refractivity contribution in [3.8, 4) is 11.4 Å². The van der Waals surface area contributed by atoms with Gasteiger partial charge < -0.3 is 19.5 Å². The number of ether oxygens (including phenoxy) is 1. The first kappa shape index (κ1) is 17.7. The third kappa shape index (κ3) is 2.07. The molecule has 3 aliphatic rings. The molecule has 6 rings (SSSR count). The molecule has 0 spiro atoms. The van der Waals surface area contributed by atoms with Gasteiger partial charge in [-0.05, 0) is 42.5 Å². The lowest BCUT2D eigenvalue weighted by Crippen LogP contribution is -2.32. The van der Waals surface area contributed by atoms with Crippen molar-refractivity contribution >= 4 is 16.9 Å². The van der Waals surface area contributed by atoms with Crippen molar-refractivity contribution in [2.45, 2.75) is 45.1 Å². The molecule has 4 heterocycles. The lowest BCUT2D eigenvalue weighted by atomic mass is 9.83. The highest BCUT2D eigenvalue weighted by Gasteiger charge is 2.36. The summed E-state index contributed by atoms with van der Waals surface area (Å²) < 4.78 is 21.0. The predicted octanol–water partition coefficient (Wildman–Crippen LogP) is 1.94. The van der Waals surface area contributed by atoms with E-state index in [0.717, 1.165) is 16.5 Å². The molecule has 152 valence electrons. The zero-order chi connectivity index (χ0) is 20.9. The Morgan fingerprint density at radius 1 is 1.20 bits per heavy atom. The molecule has 2 aromatic heterocycles. The van der Waals surface area contributed by atoms with Gasteiger partial charge in [0.25, 0.3) is 5.56 Å². The fourth-order valence-electron chi connectivity index (χ4n) is 5.08. The van der Waals surface area contributed by atoms with Crippen LogP contribution < -0.4 is 5.56 Å². The number of nitrogens with zero attached hydrogens (tertiary/aromatic N) is 2. The number of cyclic esters (lactones) is 1. The van der Waals surface area contributed by atoms with Crippen LogP contribution in [0.4, 0.5) is 4.39 Å². The Morgan fingerprint density at radius 2 is 2.00 bits per heavy atom. The molecule has 2 atom stereocenters. The summed E-state index contributed by atoms with van der Waals surface area (Å²) in [5.41, 5.74) is 4.24. The van der Waals surface area contributed by atoms with E-state index in [1.54, 1.807) is 13.0 Å². The Morgan fingerprint density at radius 3 is 2.80 bits per heavy atom. The number of aliphatic hydroxyl groups is 2. The molecule has 0 radical (unpaired) electrons. The van der Waals surface area contributed by atoms with Crippen molar-refractivity contribution in [3.63, 3.8) is 0 Å². The summed E-state index contributed by atoms with van der Waals surface area (Å²) in [6.07, 6.45) is -1.25. The van der Waals surface area contributed by atoms with Crippen LogP contribution in [-0.2, 0) is 29.1 Å². The SMILES string of the molecule is Cc1c(F)cc2nc3c(c4c2c1CC[C@H]4O)Cn1c-3cc2c(c1=O)COC(=O)C2O. The molecule has 1 aromatic carbocycles. The van der Waals surface area contributed by atoms with E-state index in [-0.39, 0.29) is 35.7 Å². The largest absolute Gasteiger partial charge is 0.458 e. The van der Waals surface area contributed by atoms with Crippen LogP contribution in [-0.4, -0.2) is 25.7 Å². The highest BCUT2D eigenvalue weighted by molar-refractivity contribution is 5.93. The molecule has 0 amide bonds. The topological polar surface area (TPSA) is 102 Å². The maximum absolute atomic E-state index is 14.5. The molecule has 30 heavy (non-hydrogen) atoms. The highest BCUT2D eigenvalue weighted by Crippen LogP contribution is 2.45. The van der Waals surface area contributed by atoms with E-state index >= 15 is 0 Å². The summed E-state index contributed by atoms with van der Waals surface area (Å²) in [6.45, 7) is 1.75. The molecule has 8 heteroatoms. The number of fused-ring (bicyclic) bond motifs is 5. The number of esters is 1. The zero-order valence-corrected chi connectivity index (χ0v) is 16.0. The zero-order valence-electron chi connectivity index (χ0n) is 16.0. The van der Waals surface area contributed by atoms with Gasteiger partial charge in [-0.1, -0.05) is 0 Å². The van der Waals surface area contributed by atoms with Crippen LogP contribution in [0.25, 0.3) is 22.3 Å². The minimum absolute atomic E-state index is 0.194. The van der Waals surface area contributed by atoms with Crippen molar-refractivity contribution in [3.05, 3.63) is 61.7 Å². The van der Waals surface area contributed by atoms with Crippen LogP contribution in [0.2, 0.25) is 0 Å². The van der Waals surface area contributed by atoms with Gasteiger partial charge in [0, 0.05) is 22.6 Å². The quantitative estimate of drug-likeness (QED) is 0.431. The van der Waals surface area contributed by atoms with E-state index in [1.807, 2.05) is 0 Å². The van der Waals surface area contributed by atoms with E-state index in [1.165, 1.54) is 10.6 Å². The van der Waals surface area contributed by atoms with Gasteiger partial charge in [0.2, 0.25) is 0 Å². The van der Waals surface area contributed by atoms with Gasteiger partial charge in [0.05, 0.1) is 35.1 Å². The van der Waals surface area contributed by atoms with Crippen LogP contribution in [0.15, 0.2) is 16.9 Å². The normalized spacial score (nSPS) is 21.3. The lowest BCUT2D eigenvalue weighted by molar-refractivity contribution is -0.157. The Hall–Kier alpha value is -3.10. The summed E-state index contributed by atoms with van der Waals surface area (Å²) in [7, 11) is 0. The molecule has 3 aromatic rings. The van der Waals surface area contributed by atoms with Gasteiger partial charge in [-0.3, -0.25) is 4.79 Å². The summed E-state index contributed by atoms with van der Waals surface area (Å²) >= 11 is 0. The molecule has 1 unspecified atom stereocenters. The van der Waals surface area contributed by atoms with Crippen molar-refractivity contribution in [2.24, 2.45) is 0 Å². The van der Waals surface area contributed by atoms with Crippen molar-refractivity contribution in [2.75, 3.05) is 0 Å². The van der Waals surface area contributed by atoms with E-state index in [2.05, 4.69) is 4.98 Å². The molecular weight excluding hydrogens is 391 g/mol. The fraction of sp³-hybridized carbons (Fsp3) is 0.318. The summed E-state index contributed by atoms with van der Waals surface area (Å²) in [4.78, 5) is 29.5. The van der Waals surface area contributed by atoms with E-state index in [0.29, 0.717) is 40.9 Å². The first-order valence-electron chi connectivity index (χ1n) is 9.81. The van der Waals surface area contributed by atoms with Crippen molar-refractivity contribution in [1.82, 2.24) is 9.55 Å². The number of hydrogen-bond acceptors (Lipinski definition) is 6. The monoisotopic (exact) mass is 408 g/mol. The first-order valence-corrected chi connectivity index (χ1v) is 9.81. The number of carbonyl (C=O) groups excluding carboxylic acids is 1. The summed E-state index contributed by atoms with van der Waals surface area (Å²) in [5.74, 6) is -1.16. The second-order valence-corrected chi connectivity index (χ2v) is 8.13. The molecule has 2 aliphatic heterocycles. The molecule has 0 fully saturated rings. The van der Waals surface area contributed by atoms with Crippen LogP contribution in [0, 0.1) is 12.7 Å². The van der Waals surface area contributed by atoms with Gasteiger partial charge in [-0.15, -0.1) is 0 Å². The average Bonchev–Trinajstić information content (AvgIpc) is 3.09. The molecule has 0 bridgehead atoms. The van der Waals surface area contributed by atoms with Crippen LogP contribution in [0.3, 0.4) is 0 Å². The number of benzene rings is 1. The molecule has 0 saturated carbocycles. The predicted molar refractivity (Wildman–Crippen MR) is 103 cm³/mol. The third-order valence-corrected chi connectivity index (χ3v) is 6.62. The molecule has 2 N–H and O–H groups in total. The van der Waals surface area contributed by atoms with Gasteiger partial charge in [0.15, 0.2) is 6.10 Å². The van der Waals surface area contributed by atoms with Crippen molar-refractivity contribution < 1.29 is 24.1 Å². The lowest BCUT2D eigenvalue weighted by Gasteiger charge is -2.25. The van der Waals surface area contributed by atoms with Gasteiger partial charge in [-0.25, -0.2) is 14.2 Å². The summed E-state index contributed by atoms with van der Waals surface area (Å²) in [5, 5.41) is 21.8. The van der Waals surface area contributed by atoms with E-state index < -0.39 is 18.2 Å². The minimum Gasteiger partial charge on any atom is -0.458 e. The molecular formula is C22H17FN2O5. The molecule has 1 aliphatic carbocycles. The number of aliphatic hydroxyl groups excluding tert-OH is 2. The van der Waals surface area contributed by atoms with Crippen LogP contribution in [0.5, 0.6) is 0 Å². The van der Waals surface area contributed by atoms with Gasteiger partial charge in [-0.2, -0.15) is 0 Å².